The van der Waals surface area contributed by atoms with E-state index >= 15 is 0 Å². The van der Waals surface area contributed by atoms with Crippen LogP contribution in [0.5, 0.6) is 0 Å². The topological polar surface area (TPSA) is 25.8 Å². The van der Waals surface area contributed by atoms with Crippen molar-refractivity contribution in [2.75, 3.05) is 0 Å². The van der Waals surface area contributed by atoms with Gasteiger partial charge in [0.05, 0.1) is 5.69 Å². The Bertz CT molecular complexity index is 620. The number of fused-ring (bicyclic) bond motifs is 3. The van der Waals surface area contributed by atoms with Gasteiger partial charge in [0.15, 0.2) is 0 Å². The van der Waals surface area contributed by atoms with E-state index < -0.39 is 0 Å². The number of hydrogen-bond donors (Lipinski definition) is 0. The zero-order chi connectivity index (χ0) is 13.4. The van der Waals surface area contributed by atoms with Crippen LogP contribution in [0.3, 0.4) is 0 Å². The molecule has 0 fully saturated rings. The molecule has 0 aliphatic heterocycles. The summed E-state index contributed by atoms with van der Waals surface area (Å²) in [4.78, 5) is 8.49. The van der Waals surface area contributed by atoms with E-state index in [1.165, 1.54) is 16.7 Å². The van der Waals surface area contributed by atoms with Gasteiger partial charge < -0.3 is 0 Å². The molecule has 19 heavy (non-hydrogen) atoms. The highest BCUT2D eigenvalue weighted by atomic mass is 35.5. The molecule has 0 N–H and O–H groups in total. The van der Waals surface area contributed by atoms with Gasteiger partial charge in [-0.25, -0.2) is 9.97 Å². The third kappa shape index (κ3) is 2.37. The molecule has 1 aromatic heterocycles. The maximum Gasteiger partial charge on any atom is 0.136 e. The van der Waals surface area contributed by atoms with Crippen LogP contribution in [0.4, 0.5) is 0 Å². The molecular weight excluding hydrogens is 256 g/mol. The van der Waals surface area contributed by atoms with Gasteiger partial charge in [0.25, 0.3) is 0 Å². The second-order valence-electron chi connectivity index (χ2n) is 5.58. The molecule has 0 radical (unpaired) electrons. The van der Waals surface area contributed by atoms with Gasteiger partial charge in [0, 0.05) is 11.1 Å². The average molecular weight is 273 g/mol. The zero-order valence-electron chi connectivity index (χ0n) is 11.3. The molecule has 0 unspecified atom stereocenters. The van der Waals surface area contributed by atoms with Gasteiger partial charge in [-0.2, -0.15) is 0 Å². The summed E-state index contributed by atoms with van der Waals surface area (Å²) >= 11 is 6.16. The average Bonchev–Trinajstić information content (AvgIpc) is 2.38. The summed E-state index contributed by atoms with van der Waals surface area (Å²) in [5.41, 5.74) is 6.13. The summed E-state index contributed by atoms with van der Waals surface area (Å²) < 4.78 is 0. The quantitative estimate of drug-likeness (QED) is 0.770. The number of aryl methyl sites for hydroxylation is 1. The molecule has 0 saturated heterocycles. The predicted molar refractivity (Wildman–Crippen MR) is 78.4 cm³/mol. The molecule has 0 amide bonds. The largest absolute Gasteiger partial charge is 0.236 e. The van der Waals surface area contributed by atoms with Crippen molar-refractivity contribution in [3.05, 3.63) is 46.4 Å². The Morgan fingerprint density at radius 2 is 2.05 bits per heavy atom. The smallest absolute Gasteiger partial charge is 0.136 e. The Balaban J connectivity index is 2.06. The number of rotatable bonds is 2. The molecule has 0 spiro atoms. The Hall–Kier alpha value is -1.41. The van der Waals surface area contributed by atoms with Gasteiger partial charge in [-0.15, -0.1) is 0 Å². The Labute approximate surface area is 118 Å². The molecule has 2 nitrogen and oxygen atoms in total. The maximum atomic E-state index is 6.16. The second-order valence-corrected chi connectivity index (χ2v) is 5.94. The van der Waals surface area contributed by atoms with Crippen molar-refractivity contribution < 1.29 is 0 Å². The van der Waals surface area contributed by atoms with Crippen LogP contribution in [0.1, 0.15) is 30.5 Å². The molecule has 98 valence electrons. The highest BCUT2D eigenvalue weighted by Crippen LogP contribution is 2.35. The van der Waals surface area contributed by atoms with Crippen molar-refractivity contribution in [1.82, 2.24) is 9.97 Å². The number of nitrogens with zero attached hydrogens (tertiary/aromatic N) is 2. The van der Waals surface area contributed by atoms with Crippen LogP contribution in [-0.2, 0) is 19.3 Å². The first-order chi connectivity index (χ1) is 9.15. The minimum atomic E-state index is 0.599. The first-order valence-electron chi connectivity index (χ1n) is 6.76. The van der Waals surface area contributed by atoms with E-state index in [1.807, 2.05) is 0 Å². The zero-order valence-corrected chi connectivity index (χ0v) is 12.0. The van der Waals surface area contributed by atoms with Gasteiger partial charge in [0.2, 0.25) is 0 Å². The lowest BCUT2D eigenvalue weighted by molar-refractivity contribution is 0.646. The fourth-order valence-electron chi connectivity index (χ4n) is 2.79. The first kappa shape index (κ1) is 12.6. The van der Waals surface area contributed by atoms with Gasteiger partial charge in [-0.1, -0.05) is 43.6 Å². The standard InChI is InChI=1S/C16H17ClN2/c1-10(2)7-11-3-5-13-12(8-11)4-6-14-15(13)18-9-19-16(14)17/h3,5,8-10H,4,6-7H2,1-2H3. The molecule has 1 aromatic carbocycles. The van der Waals surface area contributed by atoms with Crippen LogP contribution in [0.25, 0.3) is 11.3 Å². The number of benzene rings is 1. The van der Waals surface area contributed by atoms with E-state index in [1.54, 1.807) is 6.33 Å². The van der Waals surface area contributed by atoms with Crippen molar-refractivity contribution in [3.8, 4) is 11.3 Å². The van der Waals surface area contributed by atoms with Crippen LogP contribution in [-0.4, -0.2) is 9.97 Å². The van der Waals surface area contributed by atoms with Crippen LogP contribution in [0.15, 0.2) is 24.5 Å². The maximum absolute atomic E-state index is 6.16. The number of hydrogen-bond acceptors (Lipinski definition) is 2. The van der Waals surface area contributed by atoms with E-state index in [-0.39, 0.29) is 0 Å². The van der Waals surface area contributed by atoms with Crippen molar-refractivity contribution in [2.24, 2.45) is 5.92 Å². The van der Waals surface area contributed by atoms with E-state index in [0.717, 1.165) is 30.5 Å². The SMILES string of the molecule is CC(C)Cc1ccc2c(c1)CCc1c(Cl)ncnc1-2. The van der Waals surface area contributed by atoms with Crippen molar-refractivity contribution in [3.63, 3.8) is 0 Å². The van der Waals surface area contributed by atoms with Crippen LogP contribution in [0, 0.1) is 5.92 Å². The van der Waals surface area contributed by atoms with E-state index in [2.05, 4.69) is 42.0 Å². The summed E-state index contributed by atoms with van der Waals surface area (Å²) in [7, 11) is 0. The normalized spacial score (nSPS) is 13.3. The fourth-order valence-corrected chi connectivity index (χ4v) is 3.02. The van der Waals surface area contributed by atoms with Crippen LogP contribution >= 0.6 is 11.6 Å². The lowest BCUT2D eigenvalue weighted by atomic mass is 9.87. The molecule has 1 aliphatic rings. The highest BCUT2D eigenvalue weighted by molar-refractivity contribution is 6.30. The van der Waals surface area contributed by atoms with Crippen molar-refractivity contribution in [1.29, 1.82) is 0 Å². The molecular formula is C16H17ClN2. The van der Waals surface area contributed by atoms with Crippen molar-refractivity contribution >= 4 is 11.6 Å². The first-order valence-corrected chi connectivity index (χ1v) is 7.14. The fraction of sp³-hybridized carbons (Fsp3) is 0.375. The Morgan fingerprint density at radius 3 is 2.84 bits per heavy atom. The number of halogens is 1. The summed E-state index contributed by atoms with van der Waals surface area (Å²) in [5.74, 6) is 0.686. The Kier molecular flexibility index (Phi) is 3.28. The van der Waals surface area contributed by atoms with Gasteiger partial charge in [0.1, 0.15) is 11.5 Å². The minimum Gasteiger partial charge on any atom is -0.236 e. The molecule has 0 atom stereocenters. The molecule has 1 aliphatic carbocycles. The van der Waals surface area contributed by atoms with Crippen molar-refractivity contribution in [2.45, 2.75) is 33.1 Å². The minimum absolute atomic E-state index is 0.599. The summed E-state index contributed by atoms with van der Waals surface area (Å²) in [6.07, 6.45) is 4.65. The monoisotopic (exact) mass is 272 g/mol. The van der Waals surface area contributed by atoms with Gasteiger partial charge in [-0.3, -0.25) is 0 Å². The number of aromatic nitrogens is 2. The van der Waals surface area contributed by atoms with E-state index in [0.29, 0.717) is 11.1 Å². The van der Waals surface area contributed by atoms with Gasteiger partial charge in [-0.05, 0) is 36.3 Å². The van der Waals surface area contributed by atoms with E-state index in [9.17, 15) is 0 Å². The lowest BCUT2D eigenvalue weighted by Crippen LogP contribution is -2.08. The highest BCUT2D eigenvalue weighted by Gasteiger charge is 2.20. The molecule has 0 bridgehead atoms. The molecule has 3 heteroatoms. The van der Waals surface area contributed by atoms with Crippen LogP contribution in [0.2, 0.25) is 5.15 Å². The summed E-state index contributed by atoms with van der Waals surface area (Å²) in [6, 6.07) is 6.73. The third-order valence-corrected chi connectivity index (χ3v) is 3.93. The van der Waals surface area contributed by atoms with Gasteiger partial charge >= 0.3 is 0 Å². The van der Waals surface area contributed by atoms with Crippen LogP contribution < -0.4 is 0 Å². The molecule has 2 aromatic rings. The molecule has 0 saturated carbocycles. The Morgan fingerprint density at radius 1 is 1.21 bits per heavy atom. The third-order valence-electron chi connectivity index (χ3n) is 3.61. The lowest BCUT2D eigenvalue weighted by Gasteiger charge is -2.20. The molecule has 1 heterocycles. The summed E-state index contributed by atoms with van der Waals surface area (Å²) in [5, 5.41) is 0.599. The second kappa shape index (κ2) is 4.93. The van der Waals surface area contributed by atoms with E-state index in [4.69, 9.17) is 11.6 Å². The predicted octanol–water partition coefficient (Wildman–Crippen LogP) is 4.09. The molecule has 3 rings (SSSR count). The summed E-state index contributed by atoms with van der Waals surface area (Å²) in [6.45, 7) is 4.50.